The molecule has 0 spiro atoms. The molecule has 1 rings (SSSR count). The highest BCUT2D eigenvalue weighted by Gasteiger charge is 2.38. The summed E-state index contributed by atoms with van der Waals surface area (Å²) in [6.07, 6.45) is 6.48. The molecule has 0 aromatic carbocycles. The van der Waals surface area contributed by atoms with E-state index in [1.54, 1.807) is 13.8 Å². The van der Waals surface area contributed by atoms with Crippen LogP contribution in [-0.4, -0.2) is 36.3 Å². The van der Waals surface area contributed by atoms with Gasteiger partial charge < -0.3 is 10.2 Å². The Bertz CT molecular complexity index is 305. The molecular formula is C15H28N2O2. The molecule has 1 aliphatic rings. The third-order valence-corrected chi connectivity index (χ3v) is 3.81. The first-order valence-corrected chi connectivity index (χ1v) is 7.57. The lowest BCUT2D eigenvalue weighted by atomic mass is 9.90. The number of nitrogens with one attached hydrogen (secondary N) is 1. The maximum atomic E-state index is 12.5. The highest BCUT2D eigenvalue weighted by atomic mass is 16.2. The number of carbonyl (C=O) groups is 2. The van der Waals surface area contributed by atoms with E-state index >= 15 is 0 Å². The Balaban J connectivity index is 2.58. The second kappa shape index (κ2) is 7.51. The van der Waals surface area contributed by atoms with Gasteiger partial charge in [0.05, 0.1) is 0 Å². The first-order valence-electron chi connectivity index (χ1n) is 7.57. The van der Waals surface area contributed by atoms with E-state index in [0.29, 0.717) is 6.54 Å². The van der Waals surface area contributed by atoms with Gasteiger partial charge in [-0.15, -0.1) is 0 Å². The summed E-state index contributed by atoms with van der Waals surface area (Å²) in [5.74, 6) is -0.168. The molecule has 19 heavy (non-hydrogen) atoms. The zero-order chi connectivity index (χ0) is 14.3. The zero-order valence-corrected chi connectivity index (χ0v) is 12.6. The third kappa shape index (κ3) is 4.51. The second-order valence-corrected chi connectivity index (χ2v) is 5.94. The summed E-state index contributed by atoms with van der Waals surface area (Å²) in [7, 11) is 0. The normalized spacial score (nSPS) is 16.9. The van der Waals surface area contributed by atoms with Gasteiger partial charge in [0, 0.05) is 19.6 Å². The van der Waals surface area contributed by atoms with Gasteiger partial charge in [0.25, 0.3) is 0 Å². The average molecular weight is 268 g/mol. The minimum absolute atomic E-state index is 0.0246. The van der Waals surface area contributed by atoms with E-state index in [0.717, 1.165) is 38.8 Å². The number of rotatable bonds is 5. The number of hydrogen-bond donors (Lipinski definition) is 1. The van der Waals surface area contributed by atoms with Crippen LogP contribution in [0.3, 0.4) is 0 Å². The van der Waals surface area contributed by atoms with Crippen molar-refractivity contribution >= 4 is 11.8 Å². The molecule has 110 valence electrons. The van der Waals surface area contributed by atoms with Gasteiger partial charge in [-0.2, -0.15) is 0 Å². The molecule has 1 saturated heterocycles. The van der Waals surface area contributed by atoms with Gasteiger partial charge in [-0.25, -0.2) is 0 Å². The number of unbranched alkanes of at least 4 members (excludes halogenated alkanes) is 1. The van der Waals surface area contributed by atoms with Crippen molar-refractivity contribution in [1.29, 1.82) is 0 Å². The van der Waals surface area contributed by atoms with Crippen molar-refractivity contribution < 1.29 is 9.59 Å². The maximum absolute atomic E-state index is 12.5. The van der Waals surface area contributed by atoms with E-state index in [2.05, 4.69) is 12.2 Å². The van der Waals surface area contributed by atoms with E-state index in [1.807, 2.05) is 4.90 Å². The largest absolute Gasteiger partial charge is 0.355 e. The Morgan fingerprint density at radius 2 is 1.68 bits per heavy atom. The van der Waals surface area contributed by atoms with Crippen LogP contribution in [0.4, 0.5) is 0 Å². The summed E-state index contributed by atoms with van der Waals surface area (Å²) in [5.41, 5.74) is -0.946. The molecule has 0 aliphatic carbocycles. The summed E-state index contributed by atoms with van der Waals surface area (Å²) in [6.45, 7) is 7.81. The summed E-state index contributed by atoms with van der Waals surface area (Å²) in [4.78, 5) is 26.5. The summed E-state index contributed by atoms with van der Waals surface area (Å²) in [5, 5.41) is 2.87. The van der Waals surface area contributed by atoms with Crippen LogP contribution in [0.15, 0.2) is 0 Å². The van der Waals surface area contributed by atoms with Crippen LogP contribution in [0, 0.1) is 5.41 Å². The number of nitrogens with zero attached hydrogens (tertiary/aromatic N) is 1. The van der Waals surface area contributed by atoms with E-state index in [-0.39, 0.29) is 11.8 Å². The van der Waals surface area contributed by atoms with Gasteiger partial charge in [0.1, 0.15) is 5.41 Å². The summed E-state index contributed by atoms with van der Waals surface area (Å²) < 4.78 is 0. The molecule has 1 fully saturated rings. The topological polar surface area (TPSA) is 49.4 Å². The Morgan fingerprint density at radius 3 is 2.21 bits per heavy atom. The second-order valence-electron chi connectivity index (χ2n) is 5.94. The lowest BCUT2D eigenvalue weighted by Gasteiger charge is -2.30. The monoisotopic (exact) mass is 268 g/mol. The molecule has 1 heterocycles. The van der Waals surface area contributed by atoms with Crippen LogP contribution in [0.2, 0.25) is 0 Å². The predicted molar refractivity (Wildman–Crippen MR) is 76.7 cm³/mol. The lowest BCUT2D eigenvalue weighted by molar-refractivity contribution is -0.148. The molecule has 0 unspecified atom stereocenters. The number of likely N-dealkylation sites (tertiary alicyclic amines) is 1. The lowest BCUT2D eigenvalue weighted by Crippen LogP contribution is -2.50. The van der Waals surface area contributed by atoms with Gasteiger partial charge in [-0.05, 0) is 33.1 Å². The van der Waals surface area contributed by atoms with Crippen molar-refractivity contribution in [2.75, 3.05) is 19.6 Å². The van der Waals surface area contributed by atoms with Crippen LogP contribution in [0.1, 0.15) is 59.3 Å². The first-order chi connectivity index (χ1) is 9.00. The van der Waals surface area contributed by atoms with Gasteiger partial charge in [-0.3, -0.25) is 9.59 Å². The molecule has 1 aliphatic heterocycles. The molecule has 2 amide bonds. The standard InChI is InChI=1S/C15H28N2O2/c1-4-5-10-16-13(18)15(2,3)14(19)17-11-8-6-7-9-12-17/h4-12H2,1-3H3,(H,16,18). The van der Waals surface area contributed by atoms with Gasteiger partial charge in [0.2, 0.25) is 11.8 Å². The van der Waals surface area contributed by atoms with Crippen LogP contribution >= 0.6 is 0 Å². The third-order valence-electron chi connectivity index (χ3n) is 3.81. The van der Waals surface area contributed by atoms with Crippen molar-refractivity contribution in [2.45, 2.75) is 59.3 Å². The Kier molecular flexibility index (Phi) is 6.32. The van der Waals surface area contributed by atoms with E-state index < -0.39 is 5.41 Å². The van der Waals surface area contributed by atoms with Crippen LogP contribution in [0.25, 0.3) is 0 Å². The Labute approximate surface area is 116 Å². The zero-order valence-electron chi connectivity index (χ0n) is 12.6. The van der Waals surface area contributed by atoms with Crippen molar-refractivity contribution in [1.82, 2.24) is 10.2 Å². The van der Waals surface area contributed by atoms with Crippen molar-refractivity contribution in [2.24, 2.45) is 5.41 Å². The van der Waals surface area contributed by atoms with E-state index in [1.165, 1.54) is 12.8 Å². The highest BCUT2D eigenvalue weighted by molar-refractivity contribution is 6.04. The van der Waals surface area contributed by atoms with Gasteiger partial charge in [0.15, 0.2) is 0 Å². The fourth-order valence-corrected chi connectivity index (χ4v) is 2.37. The molecule has 0 aromatic heterocycles. The summed E-state index contributed by atoms with van der Waals surface area (Å²) >= 11 is 0. The van der Waals surface area contributed by atoms with E-state index in [4.69, 9.17) is 0 Å². The molecule has 0 bridgehead atoms. The molecular weight excluding hydrogens is 240 g/mol. The smallest absolute Gasteiger partial charge is 0.237 e. The maximum Gasteiger partial charge on any atom is 0.237 e. The van der Waals surface area contributed by atoms with Crippen molar-refractivity contribution in [3.63, 3.8) is 0 Å². The fourth-order valence-electron chi connectivity index (χ4n) is 2.37. The molecule has 0 radical (unpaired) electrons. The molecule has 1 N–H and O–H groups in total. The van der Waals surface area contributed by atoms with Gasteiger partial charge in [-0.1, -0.05) is 26.2 Å². The number of hydrogen-bond acceptors (Lipinski definition) is 2. The first kappa shape index (κ1) is 16.0. The Hall–Kier alpha value is -1.06. The average Bonchev–Trinajstić information content (AvgIpc) is 2.66. The molecule has 4 heteroatoms. The minimum atomic E-state index is -0.946. The SMILES string of the molecule is CCCCNC(=O)C(C)(C)C(=O)N1CCCCCC1. The quantitative estimate of drug-likeness (QED) is 0.614. The van der Waals surface area contributed by atoms with Crippen LogP contribution < -0.4 is 5.32 Å². The number of amides is 2. The van der Waals surface area contributed by atoms with Crippen molar-refractivity contribution in [3.8, 4) is 0 Å². The van der Waals surface area contributed by atoms with E-state index in [9.17, 15) is 9.59 Å². The van der Waals surface area contributed by atoms with Crippen LogP contribution in [0.5, 0.6) is 0 Å². The molecule has 4 nitrogen and oxygen atoms in total. The van der Waals surface area contributed by atoms with Crippen molar-refractivity contribution in [3.05, 3.63) is 0 Å². The fraction of sp³-hybridized carbons (Fsp3) is 0.867. The van der Waals surface area contributed by atoms with Crippen LogP contribution in [-0.2, 0) is 9.59 Å². The van der Waals surface area contributed by atoms with Gasteiger partial charge >= 0.3 is 0 Å². The molecule has 0 aromatic rings. The predicted octanol–water partition coefficient (Wildman–Crippen LogP) is 2.33. The molecule has 0 atom stereocenters. The molecule has 0 saturated carbocycles. The Morgan fingerprint density at radius 1 is 1.11 bits per heavy atom. The number of carbonyl (C=O) groups excluding carboxylic acids is 2. The minimum Gasteiger partial charge on any atom is -0.355 e. The summed E-state index contributed by atoms with van der Waals surface area (Å²) in [6, 6.07) is 0. The highest BCUT2D eigenvalue weighted by Crippen LogP contribution is 2.22.